The molecule has 0 saturated heterocycles. The molecule has 10 heteroatoms. The second kappa shape index (κ2) is 9.56. The maximum atomic E-state index is 12.0. The number of aromatic nitrogens is 5. The Labute approximate surface area is 212 Å². The highest BCUT2D eigenvalue weighted by molar-refractivity contribution is 7.19. The number of benzene rings is 1. The molecule has 0 aliphatic heterocycles. The molecule has 4 N–H and O–H groups in total. The molecule has 4 heterocycles. The summed E-state index contributed by atoms with van der Waals surface area (Å²) in [7, 11) is 0. The van der Waals surface area contributed by atoms with Gasteiger partial charge in [0.25, 0.3) is 0 Å². The number of rotatable bonds is 8. The number of hydrogen-bond donors (Lipinski definition) is 3. The van der Waals surface area contributed by atoms with Gasteiger partial charge in [0.2, 0.25) is 5.91 Å². The average Bonchev–Trinajstić information content (AvgIpc) is 3.59. The van der Waals surface area contributed by atoms with Crippen LogP contribution < -0.4 is 15.8 Å². The molecule has 0 fully saturated rings. The molecule has 0 unspecified atom stereocenters. The number of ether oxygens (including phenoxy) is 1. The third-order valence-corrected chi connectivity index (χ3v) is 6.70. The lowest BCUT2D eigenvalue weighted by Gasteiger charge is -2.17. The molecular formula is C26H27N7O2S. The van der Waals surface area contributed by atoms with Crippen LogP contribution in [-0.2, 0) is 4.79 Å². The first-order valence-electron chi connectivity index (χ1n) is 11.6. The number of nitrogens with one attached hydrogen (secondary N) is 2. The number of pyridine rings is 1. The van der Waals surface area contributed by atoms with Crippen LogP contribution in [0.1, 0.15) is 19.5 Å². The minimum atomic E-state index is -0.927. The van der Waals surface area contributed by atoms with Gasteiger partial charge in [-0.2, -0.15) is 5.10 Å². The van der Waals surface area contributed by atoms with E-state index in [2.05, 4.69) is 20.4 Å². The molecule has 0 bridgehead atoms. The third kappa shape index (κ3) is 4.73. The lowest BCUT2D eigenvalue weighted by atomic mass is 10.1. The Balaban J connectivity index is 1.47. The highest BCUT2D eigenvalue weighted by Gasteiger charge is 2.23. The van der Waals surface area contributed by atoms with Gasteiger partial charge in [0.05, 0.1) is 39.4 Å². The fraction of sp³-hybridized carbons (Fsp3) is 0.231. The van der Waals surface area contributed by atoms with E-state index in [0.717, 1.165) is 43.7 Å². The Hall–Kier alpha value is -4.02. The van der Waals surface area contributed by atoms with E-state index in [1.807, 2.05) is 66.3 Å². The standard InChI is InChI=1S/C26H27N7O2S/c1-16-20(19-15-18(9-13-33(19)32-16)35-14-12-30-25(34)26(2,3)27)24-31-21(17-7-5-4-6-8-17)22(36-24)23-28-10-11-29-23/h4-11,13,15H,12,14,27H2,1-3H3,(H,28,29)(H,30,34). The van der Waals surface area contributed by atoms with Gasteiger partial charge in [0, 0.05) is 30.2 Å². The van der Waals surface area contributed by atoms with Crippen molar-refractivity contribution in [2.24, 2.45) is 5.73 Å². The van der Waals surface area contributed by atoms with Gasteiger partial charge in [-0.1, -0.05) is 30.3 Å². The van der Waals surface area contributed by atoms with Crippen molar-refractivity contribution < 1.29 is 9.53 Å². The normalized spacial score (nSPS) is 11.7. The van der Waals surface area contributed by atoms with Crippen LogP contribution in [0.4, 0.5) is 0 Å². The highest BCUT2D eigenvalue weighted by atomic mass is 32.1. The molecular weight excluding hydrogens is 474 g/mol. The van der Waals surface area contributed by atoms with Crippen LogP contribution in [0.25, 0.3) is 38.0 Å². The molecule has 36 heavy (non-hydrogen) atoms. The van der Waals surface area contributed by atoms with Gasteiger partial charge in [0.1, 0.15) is 23.2 Å². The Morgan fingerprint density at radius 1 is 1.25 bits per heavy atom. The predicted octanol–water partition coefficient (Wildman–Crippen LogP) is 4.06. The molecule has 5 rings (SSSR count). The first-order valence-corrected chi connectivity index (χ1v) is 12.4. The number of nitrogens with zero attached hydrogens (tertiary/aromatic N) is 4. The van der Waals surface area contributed by atoms with Gasteiger partial charge in [-0.25, -0.2) is 14.5 Å². The molecule has 0 atom stereocenters. The highest BCUT2D eigenvalue weighted by Crippen LogP contribution is 2.41. The summed E-state index contributed by atoms with van der Waals surface area (Å²) >= 11 is 1.57. The summed E-state index contributed by atoms with van der Waals surface area (Å²) in [6.07, 6.45) is 5.41. The Bertz CT molecular complexity index is 1500. The molecule has 9 nitrogen and oxygen atoms in total. The van der Waals surface area contributed by atoms with Gasteiger partial charge in [-0.3, -0.25) is 4.79 Å². The second-order valence-electron chi connectivity index (χ2n) is 8.98. The van der Waals surface area contributed by atoms with Crippen molar-refractivity contribution >= 4 is 22.8 Å². The average molecular weight is 502 g/mol. The number of fused-ring (bicyclic) bond motifs is 1. The quantitative estimate of drug-likeness (QED) is 0.276. The number of carbonyl (C=O) groups excluding carboxylic acids is 1. The fourth-order valence-electron chi connectivity index (χ4n) is 3.83. The molecule has 1 aromatic carbocycles. The Morgan fingerprint density at radius 2 is 2.06 bits per heavy atom. The molecule has 184 valence electrons. The number of aromatic amines is 1. The lowest BCUT2D eigenvalue weighted by Crippen LogP contribution is -2.49. The molecule has 1 amide bonds. The van der Waals surface area contributed by atoms with Gasteiger partial charge in [0.15, 0.2) is 0 Å². The first-order chi connectivity index (χ1) is 17.3. The molecule has 0 aliphatic rings. The van der Waals surface area contributed by atoms with Crippen LogP contribution in [-0.4, -0.2) is 49.2 Å². The number of H-pyrrole nitrogens is 1. The maximum Gasteiger partial charge on any atom is 0.239 e. The smallest absolute Gasteiger partial charge is 0.239 e. The van der Waals surface area contributed by atoms with E-state index in [0.29, 0.717) is 18.9 Å². The maximum absolute atomic E-state index is 12.0. The van der Waals surface area contributed by atoms with Crippen LogP contribution in [0.15, 0.2) is 61.1 Å². The van der Waals surface area contributed by atoms with Crippen molar-refractivity contribution in [2.75, 3.05) is 13.2 Å². The summed E-state index contributed by atoms with van der Waals surface area (Å²) in [6.45, 7) is 5.98. The van der Waals surface area contributed by atoms with Crippen molar-refractivity contribution in [3.05, 3.63) is 66.7 Å². The summed E-state index contributed by atoms with van der Waals surface area (Å²) in [6, 6.07) is 13.9. The van der Waals surface area contributed by atoms with Crippen molar-refractivity contribution in [2.45, 2.75) is 26.3 Å². The summed E-state index contributed by atoms with van der Waals surface area (Å²) < 4.78 is 7.73. The summed E-state index contributed by atoms with van der Waals surface area (Å²) in [5.41, 5.74) is 9.47. The van der Waals surface area contributed by atoms with Crippen LogP contribution >= 0.6 is 11.3 Å². The monoisotopic (exact) mass is 501 g/mol. The summed E-state index contributed by atoms with van der Waals surface area (Å²) in [5.74, 6) is 1.23. The second-order valence-corrected chi connectivity index (χ2v) is 9.98. The van der Waals surface area contributed by atoms with Crippen LogP contribution in [0, 0.1) is 6.92 Å². The Morgan fingerprint density at radius 3 is 2.78 bits per heavy atom. The van der Waals surface area contributed by atoms with E-state index in [1.54, 1.807) is 31.4 Å². The molecule has 0 radical (unpaired) electrons. The molecule has 0 aliphatic carbocycles. The molecule has 0 spiro atoms. The topological polar surface area (TPSA) is 123 Å². The van der Waals surface area contributed by atoms with Crippen molar-refractivity contribution in [3.8, 4) is 38.3 Å². The van der Waals surface area contributed by atoms with Gasteiger partial charge >= 0.3 is 0 Å². The third-order valence-electron chi connectivity index (χ3n) is 5.62. The van der Waals surface area contributed by atoms with E-state index in [-0.39, 0.29) is 5.91 Å². The number of thiazole rings is 1. The van der Waals surface area contributed by atoms with E-state index >= 15 is 0 Å². The predicted molar refractivity (Wildman–Crippen MR) is 141 cm³/mol. The van der Waals surface area contributed by atoms with E-state index < -0.39 is 5.54 Å². The summed E-state index contributed by atoms with van der Waals surface area (Å²) in [4.78, 5) is 25.6. The van der Waals surface area contributed by atoms with Gasteiger partial charge in [-0.05, 0) is 26.8 Å². The van der Waals surface area contributed by atoms with E-state index in [1.165, 1.54) is 0 Å². The van der Waals surface area contributed by atoms with Crippen LogP contribution in [0.5, 0.6) is 5.75 Å². The molecule has 5 aromatic rings. The minimum absolute atomic E-state index is 0.222. The zero-order valence-electron chi connectivity index (χ0n) is 20.3. The van der Waals surface area contributed by atoms with Crippen molar-refractivity contribution in [1.82, 2.24) is 29.9 Å². The SMILES string of the molecule is Cc1nn2ccc(OCCNC(=O)C(C)(C)N)cc2c1-c1nc(-c2ccccc2)c(-c2ncc[nH]2)s1. The zero-order valence-corrected chi connectivity index (χ0v) is 21.1. The van der Waals surface area contributed by atoms with E-state index in [9.17, 15) is 4.79 Å². The number of amides is 1. The lowest BCUT2D eigenvalue weighted by molar-refractivity contribution is -0.125. The van der Waals surface area contributed by atoms with Gasteiger partial charge in [-0.15, -0.1) is 11.3 Å². The minimum Gasteiger partial charge on any atom is -0.492 e. The van der Waals surface area contributed by atoms with Crippen LogP contribution in [0.2, 0.25) is 0 Å². The number of carbonyl (C=O) groups is 1. The molecule has 4 aromatic heterocycles. The number of imidazole rings is 1. The zero-order chi connectivity index (χ0) is 25.3. The Kier molecular flexibility index (Phi) is 6.29. The first kappa shape index (κ1) is 23.7. The largest absolute Gasteiger partial charge is 0.492 e. The van der Waals surface area contributed by atoms with E-state index in [4.69, 9.17) is 15.5 Å². The summed E-state index contributed by atoms with van der Waals surface area (Å²) in [5, 5.41) is 8.32. The fourth-order valence-corrected chi connectivity index (χ4v) is 4.98. The van der Waals surface area contributed by atoms with Crippen molar-refractivity contribution in [1.29, 1.82) is 0 Å². The van der Waals surface area contributed by atoms with Crippen molar-refractivity contribution in [3.63, 3.8) is 0 Å². The van der Waals surface area contributed by atoms with Crippen LogP contribution in [0.3, 0.4) is 0 Å². The number of nitrogens with two attached hydrogens (primary N) is 1. The number of aryl methyl sites for hydroxylation is 1. The molecule has 0 saturated carbocycles. The number of hydrogen-bond acceptors (Lipinski definition) is 7. The van der Waals surface area contributed by atoms with Gasteiger partial charge < -0.3 is 20.8 Å².